The summed E-state index contributed by atoms with van der Waals surface area (Å²) in [7, 11) is 0. The number of hydrogen-bond acceptors (Lipinski definition) is 8. The lowest BCUT2D eigenvalue weighted by molar-refractivity contribution is -0.123. The number of ether oxygens (including phenoxy) is 2. The minimum atomic E-state index is -0.416. The van der Waals surface area contributed by atoms with Crippen molar-refractivity contribution in [2.45, 2.75) is 36.5 Å². The first kappa shape index (κ1) is 31.2. The van der Waals surface area contributed by atoms with Crippen molar-refractivity contribution in [2.24, 2.45) is 29.6 Å². The summed E-state index contributed by atoms with van der Waals surface area (Å²) in [5.41, 5.74) is 3.27. The Balaban J connectivity index is 1.10. The van der Waals surface area contributed by atoms with E-state index in [1.54, 1.807) is 36.0 Å². The fourth-order valence-corrected chi connectivity index (χ4v) is 11.3. The highest BCUT2D eigenvalue weighted by atomic mass is 35.5. The molecule has 4 aliphatic rings. The molecule has 2 bridgehead atoms. The van der Waals surface area contributed by atoms with E-state index < -0.39 is 5.92 Å². The number of anilines is 2. The average Bonchev–Trinajstić information content (AvgIpc) is 3.81. The molecule has 0 radical (unpaired) electrons. The molecule has 3 amide bonds. The summed E-state index contributed by atoms with van der Waals surface area (Å²) in [5.74, 6) is -0.640. The summed E-state index contributed by atoms with van der Waals surface area (Å²) in [6.45, 7) is 4.05. The highest BCUT2D eigenvalue weighted by Gasteiger charge is 2.69. The summed E-state index contributed by atoms with van der Waals surface area (Å²) >= 11 is 8.95. The fourth-order valence-electron chi connectivity index (χ4n) is 8.32. The van der Waals surface area contributed by atoms with Gasteiger partial charge in [-0.2, -0.15) is 0 Å². The van der Waals surface area contributed by atoms with Crippen molar-refractivity contribution in [1.82, 2.24) is 4.98 Å². The SMILES string of the molecule is CCOc1cc([C@H]2c3sc(=O)[nH]c3SC3C2[C@H]2C[C@@H]3C3C(=O)N(c4ccc(Cl)cc4)C(=O)C32)ccc1OCC(=O)Nc1ccc(C)cc1. The van der Waals surface area contributed by atoms with Crippen LogP contribution in [0.1, 0.15) is 35.3 Å². The first-order valence-electron chi connectivity index (χ1n) is 16.0. The first-order valence-corrected chi connectivity index (χ1v) is 18.1. The van der Waals surface area contributed by atoms with Gasteiger partial charge >= 0.3 is 4.87 Å². The molecule has 1 saturated heterocycles. The van der Waals surface area contributed by atoms with Crippen molar-refractivity contribution >= 4 is 63.8 Å². The molecule has 2 aliphatic carbocycles. The van der Waals surface area contributed by atoms with E-state index in [0.29, 0.717) is 34.5 Å². The Hall–Kier alpha value is -4.06. The third kappa shape index (κ3) is 5.14. The van der Waals surface area contributed by atoms with Crippen LogP contribution in [0.4, 0.5) is 11.4 Å². The number of amides is 3. The van der Waals surface area contributed by atoms with Gasteiger partial charge in [-0.15, -0.1) is 11.8 Å². The predicted molar refractivity (Wildman–Crippen MR) is 185 cm³/mol. The zero-order chi connectivity index (χ0) is 33.3. The van der Waals surface area contributed by atoms with Gasteiger partial charge in [0.1, 0.15) is 0 Å². The molecule has 7 atom stereocenters. The zero-order valence-electron chi connectivity index (χ0n) is 26.1. The summed E-state index contributed by atoms with van der Waals surface area (Å²) in [4.78, 5) is 58.5. The lowest BCUT2D eigenvalue weighted by atomic mass is 9.68. The smallest absolute Gasteiger partial charge is 0.305 e. The molecule has 12 heteroatoms. The number of thioether (sulfide) groups is 1. The van der Waals surface area contributed by atoms with Gasteiger partial charge in [0.05, 0.1) is 29.2 Å². The Morgan fingerprint density at radius 3 is 2.42 bits per heavy atom. The van der Waals surface area contributed by atoms with Crippen molar-refractivity contribution in [2.75, 3.05) is 23.4 Å². The minimum Gasteiger partial charge on any atom is -0.490 e. The third-order valence-corrected chi connectivity index (χ3v) is 13.0. The van der Waals surface area contributed by atoms with Gasteiger partial charge in [0.2, 0.25) is 11.8 Å². The molecule has 3 heterocycles. The molecule has 48 heavy (non-hydrogen) atoms. The van der Waals surface area contributed by atoms with Crippen molar-refractivity contribution in [3.05, 3.63) is 97.4 Å². The summed E-state index contributed by atoms with van der Waals surface area (Å²) in [6, 6.07) is 20.1. The molecular formula is C36H32ClN3O6S2. The molecule has 1 aromatic heterocycles. The Labute approximate surface area is 290 Å². The maximum atomic E-state index is 14.0. The predicted octanol–water partition coefficient (Wildman–Crippen LogP) is 6.49. The van der Waals surface area contributed by atoms with E-state index in [9.17, 15) is 19.2 Å². The number of benzene rings is 3. The van der Waals surface area contributed by atoms with E-state index in [1.807, 2.05) is 56.3 Å². The maximum absolute atomic E-state index is 14.0. The number of halogens is 1. The number of aromatic nitrogens is 1. The third-order valence-electron chi connectivity index (χ3n) is 10.1. The van der Waals surface area contributed by atoms with Gasteiger partial charge in [-0.05, 0) is 92.1 Å². The van der Waals surface area contributed by atoms with Crippen molar-refractivity contribution < 1.29 is 23.9 Å². The van der Waals surface area contributed by atoms with Gasteiger partial charge in [-0.3, -0.25) is 24.1 Å². The molecule has 0 spiro atoms. The van der Waals surface area contributed by atoms with Gasteiger partial charge in [0.15, 0.2) is 18.1 Å². The number of rotatable bonds is 8. The van der Waals surface area contributed by atoms with Crippen LogP contribution in [0.2, 0.25) is 5.02 Å². The van der Waals surface area contributed by atoms with Gasteiger partial charge in [0, 0.05) is 26.8 Å². The first-order chi connectivity index (χ1) is 23.2. The van der Waals surface area contributed by atoms with Crippen LogP contribution in [-0.4, -0.2) is 41.2 Å². The topological polar surface area (TPSA) is 118 Å². The van der Waals surface area contributed by atoms with E-state index in [4.69, 9.17) is 21.1 Å². The van der Waals surface area contributed by atoms with Gasteiger partial charge < -0.3 is 19.8 Å². The second-order valence-corrected chi connectivity index (χ2v) is 15.4. The minimum absolute atomic E-state index is 0.00353. The second-order valence-electron chi connectivity index (χ2n) is 12.8. The number of carbonyl (C=O) groups is 3. The van der Waals surface area contributed by atoms with Gasteiger partial charge in [-0.25, -0.2) is 0 Å². The van der Waals surface area contributed by atoms with Crippen LogP contribution < -0.4 is 24.6 Å². The van der Waals surface area contributed by atoms with Crippen LogP contribution in [0.25, 0.3) is 0 Å². The van der Waals surface area contributed by atoms with Crippen molar-refractivity contribution in [3.8, 4) is 11.5 Å². The van der Waals surface area contributed by atoms with E-state index >= 15 is 0 Å². The average molecular weight is 702 g/mol. The van der Waals surface area contributed by atoms with E-state index in [1.165, 1.54) is 16.2 Å². The summed E-state index contributed by atoms with van der Waals surface area (Å²) in [5, 5.41) is 4.27. The molecule has 3 aromatic carbocycles. The Morgan fingerprint density at radius 1 is 0.958 bits per heavy atom. The number of aryl methyl sites for hydroxylation is 1. The quantitative estimate of drug-likeness (QED) is 0.202. The van der Waals surface area contributed by atoms with Crippen LogP contribution in [0.3, 0.4) is 0 Å². The number of H-pyrrole nitrogens is 1. The molecule has 246 valence electrons. The van der Waals surface area contributed by atoms with Crippen LogP contribution in [-0.2, 0) is 14.4 Å². The highest BCUT2D eigenvalue weighted by molar-refractivity contribution is 8.00. The highest BCUT2D eigenvalue weighted by Crippen LogP contribution is 2.68. The molecule has 3 fully saturated rings. The van der Waals surface area contributed by atoms with Crippen LogP contribution in [0.5, 0.6) is 11.5 Å². The number of imide groups is 1. The normalized spacial score (nSPS) is 26.6. The number of aromatic amines is 1. The van der Waals surface area contributed by atoms with E-state index in [-0.39, 0.29) is 64.0 Å². The van der Waals surface area contributed by atoms with Gasteiger partial charge in [-0.1, -0.05) is 46.7 Å². The molecule has 2 saturated carbocycles. The number of nitrogens with zero attached hydrogens (tertiary/aromatic N) is 1. The number of nitrogens with one attached hydrogen (secondary N) is 2. The number of fused-ring (bicyclic) bond motifs is 9. The zero-order valence-corrected chi connectivity index (χ0v) is 28.5. The number of thiazole rings is 1. The molecule has 2 aliphatic heterocycles. The van der Waals surface area contributed by atoms with Crippen LogP contribution in [0.15, 0.2) is 76.6 Å². The lowest BCUT2D eigenvalue weighted by Gasteiger charge is -2.43. The van der Waals surface area contributed by atoms with E-state index in [2.05, 4.69) is 10.3 Å². The van der Waals surface area contributed by atoms with E-state index in [0.717, 1.165) is 27.5 Å². The molecule has 8 rings (SSSR count). The molecular weight excluding hydrogens is 670 g/mol. The Kier molecular flexibility index (Phi) is 7.88. The van der Waals surface area contributed by atoms with Crippen molar-refractivity contribution in [3.63, 3.8) is 0 Å². The van der Waals surface area contributed by atoms with Crippen LogP contribution >= 0.6 is 34.7 Å². The largest absolute Gasteiger partial charge is 0.490 e. The Morgan fingerprint density at radius 2 is 1.69 bits per heavy atom. The van der Waals surface area contributed by atoms with Gasteiger partial charge in [0.25, 0.3) is 5.91 Å². The van der Waals surface area contributed by atoms with Crippen molar-refractivity contribution in [1.29, 1.82) is 0 Å². The number of hydrogen-bond donors (Lipinski definition) is 2. The molecule has 4 aromatic rings. The summed E-state index contributed by atoms with van der Waals surface area (Å²) < 4.78 is 12.0. The van der Waals surface area contributed by atoms with Crippen LogP contribution in [0, 0.1) is 36.5 Å². The Bertz CT molecular complexity index is 1990. The fraction of sp³-hybridized carbons (Fsp3) is 0.333. The standard InChI is InChI=1S/C36H32ClN3O6S2/c1-3-45-25-14-18(6-13-24(25)46-16-26(41)38-20-9-4-17(2)5-10-20)27-28-22-15-23(31(28)47-33-32(27)48-36(44)39-33)30-29(22)34(42)40(35(30)43)21-11-7-19(37)8-12-21/h4-14,22-23,27-31H,3,15-16H2,1-2H3,(H,38,41)(H,39,44)/t22-,23-,27-,28?,29?,30?,31?/m1/s1. The monoisotopic (exact) mass is 701 g/mol. The molecule has 2 N–H and O–H groups in total. The summed E-state index contributed by atoms with van der Waals surface area (Å²) in [6.07, 6.45) is 0.787. The maximum Gasteiger partial charge on any atom is 0.305 e. The lowest BCUT2D eigenvalue weighted by Crippen LogP contribution is -2.42. The molecule has 9 nitrogen and oxygen atoms in total. The number of carbonyl (C=O) groups excluding carboxylic acids is 3. The molecule has 4 unspecified atom stereocenters. The second kappa shape index (κ2) is 12.1.